The van der Waals surface area contributed by atoms with Crippen molar-refractivity contribution in [2.24, 2.45) is 5.92 Å². The van der Waals surface area contributed by atoms with Crippen molar-refractivity contribution in [2.45, 2.75) is 45.1 Å². The van der Waals surface area contributed by atoms with Gasteiger partial charge in [0.05, 0.1) is 31.7 Å². The number of benzene rings is 4. The van der Waals surface area contributed by atoms with Crippen LogP contribution in [0.15, 0.2) is 109 Å². The average Bonchev–Trinajstić information content (AvgIpc) is 3.41. The van der Waals surface area contributed by atoms with Crippen LogP contribution in [0.3, 0.4) is 0 Å². The number of rotatable bonds is 9. The van der Waals surface area contributed by atoms with Crippen LogP contribution in [0.2, 0.25) is 10.3 Å². The van der Waals surface area contributed by atoms with Gasteiger partial charge in [-0.1, -0.05) is 109 Å². The summed E-state index contributed by atoms with van der Waals surface area (Å²) in [5, 5.41) is 13.2. The van der Waals surface area contributed by atoms with Crippen molar-refractivity contribution < 1.29 is 19.4 Å². The summed E-state index contributed by atoms with van der Waals surface area (Å²) in [6.07, 6.45) is 0.417. The van der Waals surface area contributed by atoms with E-state index in [-0.39, 0.29) is 35.8 Å². The Kier molecular flexibility index (Phi) is 9.64. The topological polar surface area (TPSA) is 85.6 Å². The van der Waals surface area contributed by atoms with Crippen LogP contribution in [0, 0.1) is 5.92 Å². The number of aliphatic hydroxyl groups is 1. The molecule has 0 bridgehead atoms. The summed E-state index contributed by atoms with van der Waals surface area (Å²) in [6, 6.07) is 33.2. The Balaban J connectivity index is 1.25. The van der Waals surface area contributed by atoms with Gasteiger partial charge in [0.25, 0.3) is 5.91 Å². The Hall–Kier alpha value is -3.98. The number of nitrogens with zero attached hydrogens (tertiary/aromatic N) is 2. The summed E-state index contributed by atoms with van der Waals surface area (Å²) in [4.78, 5) is 16.7. The molecule has 1 amide bonds. The zero-order valence-corrected chi connectivity index (χ0v) is 26.2. The van der Waals surface area contributed by atoms with Gasteiger partial charge in [0, 0.05) is 23.6 Å². The predicted molar refractivity (Wildman–Crippen MR) is 175 cm³/mol. The molecule has 4 aromatic carbocycles. The van der Waals surface area contributed by atoms with Crippen molar-refractivity contribution in [1.29, 1.82) is 0 Å². The number of halogens is 2. The maximum absolute atomic E-state index is 12.6. The molecule has 4 atom stereocenters. The van der Waals surface area contributed by atoms with E-state index in [0.29, 0.717) is 23.8 Å². The third-order valence-corrected chi connectivity index (χ3v) is 8.91. The fraction of sp³-hybridized carbons (Fsp3) is 0.222. The maximum atomic E-state index is 12.6. The van der Waals surface area contributed by atoms with Gasteiger partial charge in [0.15, 0.2) is 11.4 Å². The van der Waals surface area contributed by atoms with Gasteiger partial charge in [-0.05, 0) is 52.1 Å². The molecule has 5 aromatic rings. The second-order valence-electron chi connectivity index (χ2n) is 11.2. The number of aliphatic hydroxyl groups excluding tert-OH is 1. The molecule has 1 saturated heterocycles. The van der Waals surface area contributed by atoms with E-state index in [1.54, 1.807) is 23.0 Å². The van der Waals surface area contributed by atoms with Gasteiger partial charge in [-0.25, -0.2) is 4.98 Å². The van der Waals surface area contributed by atoms with Gasteiger partial charge in [0.2, 0.25) is 0 Å². The van der Waals surface area contributed by atoms with Gasteiger partial charge in [-0.15, -0.1) is 0 Å². The number of carbonyl (C=O) groups excluding carboxylic acids is 1. The Morgan fingerprint density at radius 1 is 0.867 bits per heavy atom. The van der Waals surface area contributed by atoms with Crippen LogP contribution in [-0.4, -0.2) is 26.7 Å². The lowest BCUT2D eigenvalue weighted by atomic mass is 9.90. The van der Waals surface area contributed by atoms with E-state index in [4.69, 9.17) is 32.7 Å². The first-order chi connectivity index (χ1) is 21.9. The third kappa shape index (κ3) is 7.14. The number of hydrogen-bond acceptors (Lipinski definition) is 5. The first-order valence-electron chi connectivity index (χ1n) is 14.8. The smallest absolute Gasteiger partial charge is 0.251 e. The lowest BCUT2D eigenvalue weighted by Gasteiger charge is -2.41. The highest BCUT2D eigenvalue weighted by Crippen LogP contribution is 2.43. The van der Waals surface area contributed by atoms with E-state index in [2.05, 4.69) is 29.4 Å². The van der Waals surface area contributed by atoms with E-state index >= 15 is 0 Å². The summed E-state index contributed by atoms with van der Waals surface area (Å²) in [5.74, 6) is -0.150. The standard InChI is InChI=1S/C36H33Cl2N3O4/c1-23-31(20-41-22-40-33(37)34(41)38)44-36(45-32(23)26-15-13-24(21-42)14-16-26)30-12-6-11-29(18-30)28-10-5-7-25(17-28)19-39-35(43)27-8-3-2-4-9-27/h2-18,22-23,31-32,36,42H,19-21H2,1H3,(H,39,43). The molecule has 6 rings (SSSR count). The minimum atomic E-state index is -0.653. The van der Waals surface area contributed by atoms with Gasteiger partial charge in [-0.3, -0.25) is 4.79 Å². The van der Waals surface area contributed by atoms with Crippen LogP contribution < -0.4 is 5.32 Å². The van der Waals surface area contributed by atoms with Gasteiger partial charge in [0.1, 0.15) is 5.15 Å². The Labute approximate surface area is 272 Å². The molecule has 2 heterocycles. The second kappa shape index (κ2) is 14.0. The first-order valence-corrected chi connectivity index (χ1v) is 15.5. The van der Waals surface area contributed by atoms with Gasteiger partial charge in [-0.2, -0.15) is 0 Å². The van der Waals surface area contributed by atoms with Crippen molar-refractivity contribution in [3.05, 3.63) is 148 Å². The molecule has 0 saturated carbocycles. The lowest BCUT2D eigenvalue weighted by molar-refractivity contribution is -0.276. The van der Waals surface area contributed by atoms with Gasteiger partial charge >= 0.3 is 0 Å². The molecule has 0 radical (unpaired) electrons. The summed E-state index contributed by atoms with van der Waals surface area (Å²) < 4.78 is 15.1. The number of nitrogens with one attached hydrogen (secondary N) is 1. The molecule has 45 heavy (non-hydrogen) atoms. The van der Waals surface area contributed by atoms with Crippen LogP contribution in [0.4, 0.5) is 0 Å². The average molecular weight is 643 g/mol. The van der Waals surface area contributed by atoms with E-state index in [9.17, 15) is 9.90 Å². The van der Waals surface area contributed by atoms with Gasteiger partial charge < -0.3 is 24.5 Å². The molecule has 9 heteroatoms. The van der Waals surface area contributed by atoms with Crippen molar-refractivity contribution in [3.8, 4) is 11.1 Å². The SMILES string of the molecule is CC1C(Cn2cnc(Cl)c2Cl)OC(c2cccc(-c3cccc(CNC(=O)c4ccccc4)c3)c2)OC1c1ccc(CO)cc1. The highest BCUT2D eigenvalue weighted by atomic mass is 35.5. The number of ether oxygens (including phenoxy) is 2. The van der Waals surface area contributed by atoms with Crippen LogP contribution in [0.5, 0.6) is 0 Å². The van der Waals surface area contributed by atoms with Crippen LogP contribution in [-0.2, 0) is 29.2 Å². The minimum Gasteiger partial charge on any atom is -0.392 e. The molecule has 1 aliphatic heterocycles. The number of carbonyl (C=O) groups is 1. The van der Waals surface area contributed by atoms with E-state index < -0.39 is 6.29 Å². The summed E-state index contributed by atoms with van der Waals surface area (Å²) in [5.41, 5.74) is 6.33. The molecule has 0 spiro atoms. The molecule has 7 nitrogen and oxygen atoms in total. The normalized spacial score (nSPS) is 19.7. The Morgan fingerprint density at radius 3 is 2.31 bits per heavy atom. The molecule has 1 aromatic heterocycles. The Morgan fingerprint density at radius 2 is 1.60 bits per heavy atom. The molecule has 4 unspecified atom stereocenters. The fourth-order valence-electron chi connectivity index (χ4n) is 5.59. The van der Waals surface area contributed by atoms with E-state index in [1.807, 2.05) is 78.9 Å². The second-order valence-corrected chi connectivity index (χ2v) is 11.9. The minimum absolute atomic E-state index is 0.0248. The van der Waals surface area contributed by atoms with Crippen molar-refractivity contribution in [3.63, 3.8) is 0 Å². The zero-order valence-electron chi connectivity index (χ0n) is 24.6. The number of hydrogen-bond donors (Lipinski definition) is 2. The monoisotopic (exact) mass is 641 g/mol. The van der Waals surface area contributed by atoms with E-state index in [1.165, 1.54) is 0 Å². The van der Waals surface area contributed by atoms with Crippen LogP contribution >= 0.6 is 23.2 Å². The molecule has 230 valence electrons. The largest absolute Gasteiger partial charge is 0.392 e. The lowest BCUT2D eigenvalue weighted by Crippen LogP contribution is -2.39. The molecule has 0 aliphatic carbocycles. The van der Waals surface area contributed by atoms with Crippen molar-refractivity contribution in [2.75, 3.05) is 0 Å². The fourth-order valence-corrected chi connectivity index (χ4v) is 5.91. The maximum Gasteiger partial charge on any atom is 0.251 e. The first kappa shape index (κ1) is 31.0. The number of amides is 1. The zero-order chi connectivity index (χ0) is 31.3. The predicted octanol–water partition coefficient (Wildman–Crippen LogP) is 7.77. The molecular weight excluding hydrogens is 609 g/mol. The summed E-state index contributed by atoms with van der Waals surface area (Å²) >= 11 is 12.6. The summed E-state index contributed by atoms with van der Waals surface area (Å²) in [7, 11) is 0. The summed E-state index contributed by atoms with van der Waals surface area (Å²) in [6.45, 7) is 2.92. The quantitative estimate of drug-likeness (QED) is 0.172. The van der Waals surface area contributed by atoms with Crippen molar-refractivity contribution >= 4 is 29.1 Å². The van der Waals surface area contributed by atoms with E-state index in [0.717, 1.165) is 33.4 Å². The molecular formula is C36H33Cl2N3O4. The highest BCUT2D eigenvalue weighted by Gasteiger charge is 2.39. The highest BCUT2D eigenvalue weighted by molar-refractivity contribution is 6.40. The van der Waals surface area contributed by atoms with Crippen molar-refractivity contribution in [1.82, 2.24) is 14.9 Å². The van der Waals surface area contributed by atoms with Crippen LogP contribution in [0.1, 0.15) is 51.9 Å². The molecule has 2 N–H and O–H groups in total. The number of imidazole rings is 1. The molecule has 1 fully saturated rings. The molecule has 1 aliphatic rings. The van der Waals surface area contributed by atoms with Crippen LogP contribution in [0.25, 0.3) is 11.1 Å². The Bertz CT molecular complexity index is 1760. The third-order valence-electron chi connectivity index (χ3n) is 8.14. The number of aromatic nitrogens is 2.